The molecule has 0 bridgehead atoms. The first-order valence-electron chi connectivity index (χ1n) is 8.68. The third-order valence-corrected chi connectivity index (χ3v) is 7.07. The number of hydrogen-bond donors (Lipinski definition) is 0. The van der Waals surface area contributed by atoms with Gasteiger partial charge in [0.25, 0.3) is 5.89 Å². The summed E-state index contributed by atoms with van der Waals surface area (Å²) in [6.07, 6.45) is 1.69. The van der Waals surface area contributed by atoms with Crippen LogP contribution in [0.1, 0.15) is 29.1 Å². The van der Waals surface area contributed by atoms with Crippen LogP contribution in [0.2, 0.25) is 0 Å². The van der Waals surface area contributed by atoms with Crippen LogP contribution < -0.4 is 0 Å². The Bertz CT molecular complexity index is 1070. The maximum absolute atomic E-state index is 12.6. The lowest BCUT2D eigenvalue weighted by Gasteiger charge is -2.15. The molecule has 28 heavy (non-hydrogen) atoms. The Morgan fingerprint density at radius 3 is 2.79 bits per heavy atom. The monoisotopic (exact) mass is 419 g/mol. The Balaban J connectivity index is 1.44. The van der Waals surface area contributed by atoms with Gasteiger partial charge in [0.1, 0.15) is 0 Å². The minimum Gasteiger partial charge on any atom is -0.452 e. The van der Waals surface area contributed by atoms with Gasteiger partial charge in [-0.1, -0.05) is 17.3 Å². The Morgan fingerprint density at radius 2 is 2.04 bits per heavy atom. The maximum atomic E-state index is 12.6. The van der Waals surface area contributed by atoms with E-state index < -0.39 is 16.0 Å². The molecule has 2 aromatic heterocycles. The molecule has 1 saturated heterocycles. The molecule has 1 aliphatic rings. The zero-order chi connectivity index (χ0) is 19.6. The van der Waals surface area contributed by atoms with Gasteiger partial charge >= 0.3 is 5.97 Å². The van der Waals surface area contributed by atoms with Crippen molar-refractivity contribution in [3.05, 3.63) is 53.2 Å². The largest absolute Gasteiger partial charge is 0.452 e. The van der Waals surface area contributed by atoms with Gasteiger partial charge in [-0.2, -0.15) is 9.29 Å². The van der Waals surface area contributed by atoms with Gasteiger partial charge in [-0.3, -0.25) is 0 Å². The first kappa shape index (κ1) is 18.8. The normalized spacial score (nSPS) is 15.0. The van der Waals surface area contributed by atoms with E-state index in [9.17, 15) is 13.2 Å². The topological polar surface area (TPSA) is 103 Å². The summed E-state index contributed by atoms with van der Waals surface area (Å²) >= 11 is 1.47. The minimum absolute atomic E-state index is 0.0848. The summed E-state index contributed by atoms with van der Waals surface area (Å²) in [5.41, 5.74) is 0.151. The number of carbonyl (C=O) groups is 1. The van der Waals surface area contributed by atoms with E-state index in [2.05, 4.69) is 10.1 Å². The van der Waals surface area contributed by atoms with Gasteiger partial charge < -0.3 is 9.26 Å². The van der Waals surface area contributed by atoms with E-state index in [4.69, 9.17) is 9.26 Å². The van der Waals surface area contributed by atoms with Crippen LogP contribution in [0.25, 0.3) is 10.7 Å². The Morgan fingerprint density at radius 1 is 1.21 bits per heavy atom. The smallest absolute Gasteiger partial charge is 0.338 e. The third kappa shape index (κ3) is 3.84. The van der Waals surface area contributed by atoms with Gasteiger partial charge in [0.15, 0.2) is 6.61 Å². The van der Waals surface area contributed by atoms with Crippen molar-refractivity contribution in [2.24, 2.45) is 0 Å². The quantitative estimate of drug-likeness (QED) is 0.566. The second kappa shape index (κ2) is 7.82. The average molecular weight is 419 g/mol. The molecule has 0 N–H and O–H groups in total. The molecular weight excluding hydrogens is 402 g/mol. The molecule has 3 aromatic rings. The molecule has 1 aliphatic heterocycles. The molecule has 3 heterocycles. The number of thiophene rings is 1. The van der Waals surface area contributed by atoms with Crippen LogP contribution in [0, 0.1) is 0 Å². The van der Waals surface area contributed by atoms with E-state index in [1.54, 1.807) is 0 Å². The van der Waals surface area contributed by atoms with Crippen LogP contribution in [0.4, 0.5) is 0 Å². The van der Waals surface area contributed by atoms with Crippen molar-refractivity contribution in [3.8, 4) is 10.7 Å². The lowest BCUT2D eigenvalue weighted by molar-refractivity contribution is 0.0429. The highest BCUT2D eigenvalue weighted by molar-refractivity contribution is 7.89. The van der Waals surface area contributed by atoms with Gasteiger partial charge in [-0.05, 0) is 42.5 Å². The summed E-state index contributed by atoms with van der Waals surface area (Å²) in [6.45, 7) is 0.807. The fraction of sp³-hybridized carbons (Fsp3) is 0.278. The molecule has 0 unspecified atom stereocenters. The summed E-state index contributed by atoms with van der Waals surface area (Å²) in [6, 6.07) is 9.59. The molecule has 8 nitrogen and oxygen atoms in total. The molecule has 0 aliphatic carbocycles. The fourth-order valence-electron chi connectivity index (χ4n) is 2.89. The summed E-state index contributed by atoms with van der Waals surface area (Å²) in [5.74, 6) is -0.0632. The number of sulfonamides is 1. The highest BCUT2D eigenvalue weighted by atomic mass is 32.2. The standard InChI is InChI=1S/C18H17N3O5S2/c22-18(25-12-16-19-17(20-26-16)15-7-4-10-27-15)13-5-3-6-14(11-13)28(23,24)21-8-1-2-9-21/h3-7,10-11H,1-2,8-9,12H2. The maximum Gasteiger partial charge on any atom is 0.338 e. The molecule has 0 radical (unpaired) electrons. The fourth-order valence-corrected chi connectivity index (χ4v) is 5.10. The SMILES string of the molecule is O=C(OCc1nc(-c2cccs2)no1)c1cccc(S(=O)(=O)N2CCCC2)c1. The molecule has 1 aromatic carbocycles. The average Bonchev–Trinajstić information content (AvgIpc) is 3.48. The highest BCUT2D eigenvalue weighted by Gasteiger charge is 2.27. The molecule has 0 spiro atoms. The predicted molar refractivity (Wildman–Crippen MR) is 101 cm³/mol. The number of benzene rings is 1. The van der Waals surface area contributed by atoms with Crippen LogP contribution in [0.3, 0.4) is 0 Å². The number of esters is 1. The van der Waals surface area contributed by atoms with Crippen LogP contribution in [0.15, 0.2) is 51.2 Å². The van der Waals surface area contributed by atoms with E-state index in [0.29, 0.717) is 18.9 Å². The Hall–Kier alpha value is -2.56. The molecule has 146 valence electrons. The van der Waals surface area contributed by atoms with Crippen molar-refractivity contribution in [2.45, 2.75) is 24.3 Å². The first-order valence-corrected chi connectivity index (χ1v) is 11.0. The second-order valence-corrected chi connectivity index (χ2v) is 9.09. The summed E-state index contributed by atoms with van der Waals surface area (Å²) in [4.78, 5) is 17.4. The first-order chi connectivity index (χ1) is 13.5. The van der Waals surface area contributed by atoms with Gasteiger partial charge in [-0.15, -0.1) is 11.3 Å². The Labute approximate surface area is 165 Å². The van der Waals surface area contributed by atoms with Crippen molar-refractivity contribution in [2.75, 3.05) is 13.1 Å². The molecule has 4 rings (SSSR count). The van der Waals surface area contributed by atoms with Crippen LogP contribution in [-0.2, 0) is 21.4 Å². The zero-order valence-electron chi connectivity index (χ0n) is 14.8. The third-order valence-electron chi connectivity index (χ3n) is 4.31. The number of aromatic nitrogens is 2. The van der Waals surface area contributed by atoms with E-state index in [1.807, 2.05) is 17.5 Å². The Kier molecular flexibility index (Phi) is 5.25. The predicted octanol–water partition coefficient (Wildman–Crippen LogP) is 2.94. The number of ether oxygens (including phenoxy) is 1. The van der Waals surface area contributed by atoms with E-state index in [-0.39, 0.29) is 23.0 Å². The highest BCUT2D eigenvalue weighted by Crippen LogP contribution is 2.23. The van der Waals surface area contributed by atoms with E-state index in [1.165, 1.54) is 39.9 Å². The van der Waals surface area contributed by atoms with Crippen molar-refractivity contribution in [1.82, 2.24) is 14.4 Å². The van der Waals surface area contributed by atoms with Crippen LogP contribution in [0.5, 0.6) is 0 Å². The molecule has 0 amide bonds. The number of carbonyl (C=O) groups excluding carboxylic acids is 1. The minimum atomic E-state index is -3.60. The van der Waals surface area contributed by atoms with Crippen LogP contribution >= 0.6 is 11.3 Å². The van der Waals surface area contributed by atoms with Gasteiger partial charge in [0.05, 0.1) is 15.3 Å². The summed E-state index contributed by atoms with van der Waals surface area (Å²) in [5, 5.41) is 5.75. The van der Waals surface area contributed by atoms with Crippen molar-refractivity contribution in [3.63, 3.8) is 0 Å². The van der Waals surface area contributed by atoms with Crippen molar-refractivity contribution >= 4 is 27.3 Å². The second-order valence-electron chi connectivity index (χ2n) is 6.20. The number of hydrogen-bond acceptors (Lipinski definition) is 8. The summed E-state index contributed by atoms with van der Waals surface area (Å²) in [7, 11) is -3.60. The molecule has 0 saturated carbocycles. The lowest BCUT2D eigenvalue weighted by Crippen LogP contribution is -2.28. The van der Waals surface area contributed by atoms with Gasteiger partial charge in [-0.25, -0.2) is 13.2 Å². The van der Waals surface area contributed by atoms with Crippen molar-refractivity contribution < 1.29 is 22.5 Å². The van der Waals surface area contributed by atoms with E-state index in [0.717, 1.165) is 17.7 Å². The molecule has 1 fully saturated rings. The van der Waals surface area contributed by atoms with E-state index >= 15 is 0 Å². The zero-order valence-corrected chi connectivity index (χ0v) is 16.4. The molecule has 10 heteroatoms. The van der Waals surface area contributed by atoms with Gasteiger partial charge in [0, 0.05) is 13.1 Å². The number of nitrogens with zero attached hydrogens (tertiary/aromatic N) is 3. The van der Waals surface area contributed by atoms with Gasteiger partial charge in [0.2, 0.25) is 15.8 Å². The van der Waals surface area contributed by atoms with Crippen molar-refractivity contribution in [1.29, 1.82) is 0 Å². The summed E-state index contributed by atoms with van der Waals surface area (Å²) < 4.78 is 37.0. The van der Waals surface area contributed by atoms with Crippen LogP contribution in [-0.4, -0.2) is 41.9 Å². The molecular formula is C18H17N3O5S2. The number of rotatable bonds is 6. The molecule has 0 atom stereocenters. The lowest BCUT2D eigenvalue weighted by atomic mass is 10.2.